The van der Waals surface area contributed by atoms with Gasteiger partial charge in [0.1, 0.15) is 0 Å². The van der Waals surface area contributed by atoms with Gasteiger partial charge in [-0.2, -0.15) is 0 Å². The maximum atomic E-state index is 11.9. The number of carbonyl (C=O) groups excluding carboxylic acids is 3. The minimum absolute atomic E-state index is 0.0248. The molecular weight excluding hydrogens is 319 g/mol. The van der Waals surface area contributed by atoms with Crippen LogP contribution in [0.15, 0.2) is 12.1 Å². The van der Waals surface area contributed by atoms with E-state index in [-0.39, 0.29) is 36.0 Å². The van der Waals surface area contributed by atoms with Gasteiger partial charge in [-0.15, -0.1) is 0 Å². The third kappa shape index (κ3) is 4.07. The Balaban J connectivity index is 2.02. The summed E-state index contributed by atoms with van der Waals surface area (Å²) >= 11 is 11.7. The Labute approximate surface area is 130 Å². The molecule has 21 heavy (non-hydrogen) atoms. The van der Waals surface area contributed by atoms with Crippen molar-refractivity contribution in [3.8, 4) is 0 Å². The fraction of sp³-hybridized carbons (Fsp3) is 0.250. The molecule has 0 aromatic heterocycles. The molecule has 112 valence electrons. The minimum Gasteiger partial charge on any atom is -0.397 e. The number of piperazine rings is 1. The summed E-state index contributed by atoms with van der Waals surface area (Å²) in [5.74, 6) is -1.32. The third-order valence-electron chi connectivity index (χ3n) is 2.73. The van der Waals surface area contributed by atoms with Crippen LogP contribution < -0.4 is 16.4 Å². The summed E-state index contributed by atoms with van der Waals surface area (Å²) in [5, 5.41) is 5.26. The van der Waals surface area contributed by atoms with E-state index < -0.39 is 17.7 Å². The second-order valence-electron chi connectivity index (χ2n) is 4.52. The molecule has 1 aliphatic rings. The smallest absolute Gasteiger partial charge is 0.240 e. The van der Waals surface area contributed by atoms with Crippen LogP contribution in [0.4, 0.5) is 11.4 Å². The van der Waals surface area contributed by atoms with Gasteiger partial charge in [-0.3, -0.25) is 24.6 Å². The van der Waals surface area contributed by atoms with Crippen molar-refractivity contribution in [1.82, 2.24) is 10.2 Å². The maximum Gasteiger partial charge on any atom is 0.240 e. The Hall–Kier alpha value is -1.83. The van der Waals surface area contributed by atoms with Gasteiger partial charge in [0.25, 0.3) is 0 Å². The summed E-state index contributed by atoms with van der Waals surface area (Å²) in [6.45, 7) is -0.177. The van der Waals surface area contributed by atoms with Crippen LogP contribution in [-0.2, 0) is 14.4 Å². The van der Waals surface area contributed by atoms with Crippen molar-refractivity contribution in [1.29, 1.82) is 0 Å². The second-order valence-corrected chi connectivity index (χ2v) is 5.36. The van der Waals surface area contributed by atoms with Gasteiger partial charge in [0.2, 0.25) is 17.7 Å². The van der Waals surface area contributed by atoms with Crippen molar-refractivity contribution < 1.29 is 14.4 Å². The number of nitrogens with zero attached hydrogens (tertiary/aromatic N) is 1. The van der Waals surface area contributed by atoms with Crippen molar-refractivity contribution in [3.63, 3.8) is 0 Å². The first-order chi connectivity index (χ1) is 9.85. The molecule has 1 aromatic carbocycles. The number of halogens is 2. The van der Waals surface area contributed by atoms with E-state index in [9.17, 15) is 14.4 Å². The maximum absolute atomic E-state index is 11.9. The molecule has 0 aliphatic carbocycles. The second kappa shape index (κ2) is 6.30. The van der Waals surface area contributed by atoms with Crippen LogP contribution in [0.2, 0.25) is 10.0 Å². The number of rotatable bonds is 3. The number of hydrogen-bond acceptors (Lipinski definition) is 5. The number of nitrogen functional groups attached to an aromatic ring is 1. The van der Waals surface area contributed by atoms with Crippen molar-refractivity contribution in [2.45, 2.75) is 0 Å². The molecule has 0 saturated carbocycles. The Morgan fingerprint density at radius 3 is 2.48 bits per heavy atom. The van der Waals surface area contributed by atoms with Crippen LogP contribution in [-0.4, -0.2) is 42.3 Å². The number of benzene rings is 1. The lowest BCUT2D eigenvalue weighted by atomic mass is 10.2. The highest BCUT2D eigenvalue weighted by molar-refractivity contribution is 6.37. The van der Waals surface area contributed by atoms with Crippen LogP contribution >= 0.6 is 23.2 Å². The van der Waals surface area contributed by atoms with E-state index in [0.717, 1.165) is 0 Å². The van der Waals surface area contributed by atoms with Gasteiger partial charge in [-0.1, -0.05) is 23.2 Å². The van der Waals surface area contributed by atoms with Gasteiger partial charge in [0.05, 0.1) is 36.0 Å². The molecule has 1 heterocycles. The fourth-order valence-corrected chi connectivity index (χ4v) is 2.47. The van der Waals surface area contributed by atoms with E-state index in [2.05, 4.69) is 10.6 Å². The van der Waals surface area contributed by atoms with Gasteiger partial charge < -0.3 is 11.1 Å². The van der Waals surface area contributed by atoms with Gasteiger partial charge in [-0.05, 0) is 12.1 Å². The van der Waals surface area contributed by atoms with E-state index in [1.54, 1.807) is 0 Å². The summed E-state index contributed by atoms with van der Waals surface area (Å²) in [6.07, 6.45) is 0. The van der Waals surface area contributed by atoms with Crippen molar-refractivity contribution >= 4 is 52.3 Å². The lowest BCUT2D eigenvalue weighted by Gasteiger charge is -2.24. The van der Waals surface area contributed by atoms with Crippen molar-refractivity contribution in [3.05, 3.63) is 22.2 Å². The number of nitrogens with one attached hydrogen (secondary N) is 2. The quantitative estimate of drug-likeness (QED) is 0.552. The zero-order chi connectivity index (χ0) is 15.6. The molecule has 0 spiro atoms. The molecule has 4 N–H and O–H groups in total. The standard InChI is InChI=1S/C12H12Cl2N4O3/c13-6-1-7(14)12(8(15)2-6)17-11(21)5-18-3-9(19)16-10(20)4-18/h1-2H,3-5,15H2,(H,17,21)(H,16,19,20). The van der Waals surface area contributed by atoms with Crippen molar-refractivity contribution in [2.24, 2.45) is 0 Å². The molecule has 1 fully saturated rings. The normalized spacial score (nSPS) is 15.7. The molecule has 7 nitrogen and oxygen atoms in total. The Morgan fingerprint density at radius 2 is 1.90 bits per heavy atom. The molecule has 0 radical (unpaired) electrons. The molecule has 0 unspecified atom stereocenters. The van der Waals surface area contributed by atoms with E-state index in [1.165, 1.54) is 17.0 Å². The average molecular weight is 331 g/mol. The summed E-state index contributed by atoms with van der Waals surface area (Å²) in [4.78, 5) is 35.8. The lowest BCUT2D eigenvalue weighted by Crippen LogP contribution is -2.53. The highest BCUT2D eigenvalue weighted by Crippen LogP contribution is 2.31. The first kappa shape index (κ1) is 15.6. The molecule has 2 rings (SSSR count). The van der Waals surface area contributed by atoms with Crippen LogP contribution in [0.1, 0.15) is 0 Å². The monoisotopic (exact) mass is 330 g/mol. The number of nitrogens with two attached hydrogens (primary N) is 1. The predicted octanol–water partition coefficient (Wildman–Crippen LogP) is 0.472. The number of carbonyl (C=O) groups is 3. The highest BCUT2D eigenvalue weighted by Gasteiger charge is 2.24. The van der Waals surface area contributed by atoms with Crippen molar-refractivity contribution in [2.75, 3.05) is 30.7 Å². The largest absolute Gasteiger partial charge is 0.397 e. The average Bonchev–Trinajstić information content (AvgIpc) is 2.32. The lowest BCUT2D eigenvalue weighted by molar-refractivity contribution is -0.136. The summed E-state index contributed by atoms with van der Waals surface area (Å²) in [6, 6.07) is 2.91. The Bertz CT molecular complexity index is 582. The van der Waals surface area contributed by atoms with Crippen LogP contribution in [0.5, 0.6) is 0 Å². The first-order valence-electron chi connectivity index (χ1n) is 5.94. The topological polar surface area (TPSA) is 105 Å². The molecule has 0 atom stereocenters. The van der Waals surface area contributed by atoms with Gasteiger partial charge in [0.15, 0.2) is 0 Å². The van der Waals surface area contributed by atoms with Gasteiger partial charge >= 0.3 is 0 Å². The number of hydrogen-bond donors (Lipinski definition) is 3. The zero-order valence-corrected chi connectivity index (χ0v) is 12.3. The molecule has 1 aromatic rings. The molecule has 0 bridgehead atoms. The van der Waals surface area contributed by atoms with E-state index in [4.69, 9.17) is 28.9 Å². The summed E-state index contributed by atoms with van der Waals surface area (Å²) in [5.41, 5.74) is 6.21. The SMILES string of the molecule is Nc1cc(Cl)cc(Cl)c1NC(=O)CN1CC(=O)NC(=O)C1. The molecular formula is C12H12Cl2N4O3. The molecule has 9 heteroatoms. The Morgan fingerprint density at radius 1 is 1.29 bits per heavy atom. The summed E-state index contributed by atoms with van der Waals surface area (Å²) < 4.78 is 0. The fourth-order valence-electron chi connectivity index (χ4n) is 1.92. The summed E-state index contributed by atoms with van der Waals surface area (Å²) in [7, 11) is 0. The number of anilines is 2. The van der Waals surface area contributed by atoms with Gasteiger partial charge in [-0.25, -0.2) is 0 Å². The molecule has 3 amide bonds. The van der Waals surface area contributed by atoms with E-state index >= 15 is 0 Å². The zero-order valence-electron chi connectivity index (χ0n) is 10.8. The minimum atomic E-state index is -0.442. The van der Waals surface area contributed by atoms with Crippen LogP contribution in [0.3, 0.4) is 0 Å². The number of amides is 3. The molecule has 1 saturated heterocycles. The number of imide groups is 1. The van der Waals surface area contributed by atoms with Gasteiger partial charge in [0, 0.05) is 5.02 Å². The molecule has 1 aliphatic heterocycles. The highest BCUT2D eigenvalue weighted by atomic mass is 35.5. The van der Waals surface area contributed by atoms with E-state index in [0.29, 0.717) is 5.02 Å². The Kier molecular flexibility index (Phi) is 4.66. The third-order valence-corrected chi connectivity index (χ3v) is 3.25. The predicted molar refractivity (Wildman–Crippen MR) is 79.1 cm³/mol. The van der Waals surface area contributed by atoms with Crippen LogP contribution in [0, 0.1) is 0 Å². The van der Waals surface area contributed by atoms with E-state index in [1.807, 2.05) is 0 Å². The van der Waals surface area contributed by atoms with Crippen LogP contribution in [0.25, 0.3) is 0 Å². The first-order valence-corrected chi connectivity index (χ1v) is 6.70.